The molecule has 112 valence electrons. The number of carbonyl (C=O) groups is 1. The van der Waals surface area contributed by atoms with Crippen molar-refractivity contribution in [3.63, 3.8) is 0 Å². The number of rotatable bonds is 4. The monoisotopic (exact) mass is 308 g/mol. The topological polar surface area (TPSA) is 107 Å². The minimum atomic E-state index is -3.84. The Kier molecular flexibility index (Phi) is 4.30. The molecule has 6 nitrogen and oxygen atoms in total. The van der Waals surface area contributed by atoms with Crippen LogP contribution in [0.4, 0.5) is 0 Å². The van der Waals surface area contributed by atoms with Gasteiger partial charge < -0.3 is 5.11 Å². The molecule has 0 aromatic heterocycles. The molecule has 0 spiro atoms. The maximum absolute atomic E-state index is 12.4. The lowest BCUT2D eigenvalue weighted by atomic mass is 10.1. The van der Waals surface area contributed by atoms with E-state index in [9.17, 15) is 13.2 Å². The Bertz CT molecular complexity index is 706. The molecule has 1 aliphatic rings. The van der Waals surface area contributed by atoms with Crippen LogP contribution in [0.5, 0.6) is 0 Å². The Labute approximate surface area is 123 Å². The molecule has 1 aliphatic carbocycles. The molecule has 1 aromatic carbocycles. The second-order valence-corrected chi connectivity index (χ2v) is 6.88. The van der Waals surface area contributed by atoms with E-state index >= 15 is 0 Å². The van der Waals surface area contributed by atoms with Gasteiger partial charge in [0.25, 0.3) is 0 Å². The molecule has 0 radical (unpaired) electrons. The zero-order chi connectivity index (χ0) is 15.6. The standard InChI is InChI=1S/C14H16N2O4S/c1-9-5-6-10(8-15)7-13(9)21(19,20)16-12-4-2-3-11(12)14(17)18/h5-7,11-12,16H,2-4H2,1H3,(H,17,18). The van der Waals surface area contributed by atoms with Crippen LogP contribution in [0.1, 0.15) is 30.4 Å². The van der Waals surface area contributed by atoms with E-state index in [1.54, 1.807) is 19.1 Å². The molecule has 0 saturated heterocycles. The van der Waals surface area contributed by atoms with Crippen LogP contribution in [-0.2, 0) is 14.8 Å². The number of nitrogens with zero attached hydrogens (tertiary/aromatic N) is 1. The molecule has 21 heavy (non-hydrogen) atoms. The van der Waals surface area contributed by atoms with Crippen LogP contribution in [0, 0.1) is 24.2 Å². The molecule has 0 bridgehead atoms. The van der Waals surface area contributed by atoms with Crippen LogP contribution in [0.3, 0.4) is 0 Å². The van der Waals surface area contributed by atoms with Crippen LogP contribution in [-0.4, -0.2) is 25.5 Å². The van der Waals surface area contributed by atoms with Crippen LogP contribution >= 0.6 is 0 Å². The third-order valence-corrected chi connectivity index (χ3v) is 5.38. The highest BCUT2D eigenvalue weighted by molar-refractivity contribution is 7.89. The first kappa shape index (κ1) is 15.5. The maximum Gasteiger partial charge on any atom is 0.308 e. The predicted octanol–water partition coefficient (Wildman–Crippen LogP) is 1.40. The summed E-state index contributed by atoms with van der Waals surface area (Å²) in [5, 5.41) is 18.0. The van der Waals surface area contributed by atoms with Gasteiger partial charge in [-0.3, -0.25) is 4.79 Å². The van der Waals surface area contributed by atoms with E-state index in [1.807, 2.05) is 6.07 Å². The van der Waals surface area contributed by atoms with Crippen LogP contribution < -0.4 is 4.72 Å². The predicted molar refractivity (Wildman–Crippen MR) is 75.0 cm³/mol. The van der Waals surface area contributed by atoms with Gasteiger partial charge in [0.15, 0.2) is 0 Å². The van der Waals surface area contributed by atoms with Gasteiger partial charge in [0, 0.05) is 6.04 Å². The maximum atomic E-state index is 12.4. The molecule has 0 heterocycles. The van der Waals surface area contributed by atoms with Gasteiger partial charge in [-0.05, 0) is 37.5 Å². The van der Waals surface area contributed by atoms with E-state index in [1.165, 1.54) is 6.07 Å². The molecule has 2 rings (SSSR count). The van der Waals surface area contributed by atoms with Crippen LogP contribution in [0.25, 0.3) is 0 Å². The highest BCUT2D eigenvalue weighted by Crippen LogP contribution is 2.28. The molecule has 7 heteroatoms. The molecule has 2 unspecified atom stereocenters. The zero-order valence-electron chi connectivity index (χ0n) is 11.5. The number of aliphatic carboxylic acids is 1. The van der Waals surface area contributed by atoms with E-state index in [0.717, 1.165) is 0 Å². The molecule has 0 amide bonds. The van der Waals surface area contributed by atoms with Crippen molar-refractivity contribution in [2.45, 2.75) is 37.1 Å². The fourth-order valence-electron chi connectivity index (χ4n) is 2.62. The normalized spacial score (nSPS) is 21.9. The summed E-state index contributed by atoms with van der Waals surface area (Å²) >= 11 is 0. The highest BCUT2D eigenvalue weighted by atomic mass is 32.2. The van der Waals surface area contributed by atoms with Crippen molar-refractivity contribution < 1.29 is 18.3 Å². The van der Waals surface area contributed by atoms with Gasteiger partial charge in [-0.2, -0.15) is 5.26 Å². The van der Waals surface area contributed by atoms with Gasteiger partial charge >= 0.3 is 5.97 Å². The Hall–Kier alpha value is -1.91. The van der Waals surface area contributed by atoms with Gasteiger partial charge in [0.05, 0.1) is 22.4 Å². The quantitative estimate of drug-likeness (QED) is 0.874. The summed E-state index contributed by atoms with van der Waals surface area (Å²) in [7, 11) is -3.84. The van der Waals surface area contributed by atoms with Crippen molar-refractivity contribution in [2.24, 2.45) is 5.92 Å². The second kappa shape index (κ2) is 5.84. The first-order valence-electron chi connectivity index (χ1n) is 6.61. The fourth-order valence-corrected chi connectivity index (χ4v) is 4.20. The highest BCUT2D eigenvalue weighted by Gasteiger charge is 2.36. The van der Waals surface area contributed by atoms with Crippen molar-refractivity contribution in [1.29, 1.82) is 5.26 Å². The number of nitrogens with one attached hydrogen (secondary N) is 1. The Morgan fingerprint density at radius 3 is 2.76 bits per heavy atom. The number of carboxylic acids is 1. The summed E-state index contributed by atoms with van der Waals surface area (Å²) in [6.45, 7) is 1.64. The SMILES string of the molecule is Cc1ccc(C#N)cc1S(=O)(=O)NC1CCCC1C(=O)O. The van der Waals surface area contributed by atoms with E-state index < -0.39 is 28.0 Å². The average molecular weight is 308 g/mol. The molecular formula is C14H16N2O4S. The second-order valence-electron chi connectivity index (χ2n) is 5.20. The lowest BCUT2D eigenvalue weighted by Gasteiger charge is -2.18. The van der Waals surface area contributed by atoms with Crippen LogP contribution in [0.15, 0.2) is 23.1 Å². The van der Waals surface area contributed by atoms with Gasteiger partial charge in [0.2, 0.25) is 10.0 Å². The molecule has 2 atom stereocenters. The van der Waals surface area contributed by atoms with Gasteiger partial charge in [-0.1, -0.05) is 12.5 Å². The summed E-state index contributed by atoms with van der Waals surface area (Å²) in [5.41, 5.74) is 0.772. The number of hydrogen-bond acceptors (Lipinski definition) is 4. The number of sulfonamides is 1. The first-order valence-corrected chi connectivity index (χ1v) is 8.09. The fraction of sp³-hybridized carbons (Fsp3) is 0.429. The van der Waals surface area contributed by atoms with Crippen molar-refractivity contribution in [2.75, 3.05) is 0 Å². The van der Waals surface area contributed by atoms with Crippen molar-refractivity contribution in [3.8, 4) is 6.07 Å². The van der Waals surface area contributed by atoms with Crippen molar-refractivity contribution >= 4 is 16.0 Å². The Balaban J connectivity index is 2.31. The smallest absolute Gasteiger partial charge is 0.308 e. The summed E-state index contributed by atoms with van der Waals surface area (Å²) in [4.78, 5) is 11.1. The molecule has 1 fully saturated rings. The summed E-state index contributed by atoms with van der Waals surface area (Å²) in [6.07, 6.45) is 1.66. The van der Waals surface area contributed by atoms with Crippen molar-refractivity contribution in [1.82, 2.24) is 4.72 Å². The van der Waals surface area contributed by atoms with E-state index in [-0.39, 0.29) is 10.5 Å². The number of benzene rings is 1. The molecule has 2 N–H and O–H groups in total. The number of aryl methyl sites for hydroxylation is 1. The lowest BCUT2D eigenvalue weighted by Crippen LogP contribution is -2.40. The number of hydrogen-bond donors (Lipinski definition) is 2. The van der Waals surface area contributed by atoms with E-state index in [2.05, 4.69) is 4.72 Å². The van der Waals surface area contributed by atoms with Gasteiger partial charge in [-0.25, -0.2) is 13.1 Å². The van der Waals surface area contributed by atoms with Gasteiger partial charge in [-0.15, -0.1) is 0 Å². The lowest BCUT2D eigenvalue weighted by molar-refractivity contribution is -0.141. The average Bonchev–Trinajstić information content (AvgIpc) is 2.86. The molecule has 1 aromatic rings. The first-order chi connectivity index (χ1) is 9.85. The molecule has 0 aliphatic heterocycles. The van der Waals surface area contributed by atoms with E-state index in [0.29, 0.717) is 24.8 Å². The third kappa shape index (κ3) is 3.23. The van der Waals surface area contributed by atoms with Gasteiger partial charge in [0.1, 0.15) is 0 Å². The largest absolute Gasteiger partial charge is 0.481 e. The molecular weight excluding hydrogens is 292 g/mol. The summed E-state index contributed by atoms with van der Waals surface area (Å²) in [5.74, 6) is -1.68. The van der Waals surface area contributed by atoms with Crippen molar-refractivity contribution in [3.05, 3.63) is 29.3 Å². The third-order valence-electron chi connectivity index (χ3n) is 3.75. The Morgan fingerprint density at radius 2 is 2.14 bits per heavy atom. The Morgan fingerprint density at radius 1 is 1.43 bits per heavy atom. The minimum Gasteiger partial charge on any atom is -0.481 e. The minimum absolute atomic E-state index is 0.0255. The molecule has 1 saturated carbocycles. The zero-order valence-corrected chi connectivity index (χ0v) is 12.4. The number of nitriles is 1. The summed E-state index contributed by atoms with van der Waals surface area (Å²) < 4.78 is 27.3. The number of carboxylic acid groups (broad SMARTS) is 1. The summed E-state index contributed by atoms with van der Waals surface area (Å²) in [6, 6.07) is 5.72. The van der Waals surface area contributed by atoms with Crippen LogP contribution in [0.2, 0.25) is 0 Å². The van der Waals surface area contributed by atoms with E-state index in [4.69, 9.17) is 10.4 Å².